The van der Waals surface area contributed by atoms with Gasteiger partial charge in [-0.25, -0.2) is 4.98 Å². The van der Waals surface area contributed by atoms with Crippen molar-refractivity contribution in [3.05, 3.63) is 16.1 Å². The normalized spacial score (nSPS) is 13.3. The standard InChI is InChI=1S/C17H32N4S.HI/c1-12(2)7-6-8-14(5)20-17(18)19-10-9-15-11-22-16(21-15)13(3)4;/h11-14H,6-10H2,1-5H3,(H3,18,19,20);1H. The Hall–Kier alpha value is -0.370. The molecular formula is C17H33IN4S. The van der Waals surface area contributed by atoms with E-state index in [9.17, 15) is 0 Å². The fourth-order valence-corrected chi connectivity index (χ4v) is 3.07. The summed E-state index contributed by atoms with van der Waals surface area (Å²) in [4.78, 5) is 9.02. The number of guanidine groups is 1. The van der Waals surface area contributed by atoms with Gasteiger partial charge in [-0.05, 0) is 19.3 Å². The van der Waals surface area contributed by atoms with Crippen LogP contribution in [0.25, 0.3) is 0 Å². The van der Waals surface area contributed by atoms with Crippen molar-refractivity contribution in [1.82, 2.24) is 10.3 Å². The second-order valence-electron chi connectivity index (χ2n) is 6.72. The van der Waals surface area contributed by atoms with Gasteiger partial charge in [0.15, 0.2) is 5.96 Å². The Balaban J connectivity index is 0.00000484. The number of nitrogens with one attached hydrogen (secondary N) is 1. The summed E-state index contributed by atoms with van der Waals surface area (Å²) in [6.45, 7) is 11.7. The molecule has 4 nitrogen and oxygen atoms in total. The largest absolute Gasteiger partial charge is 0.370 e. The third-order valence-electron chi connectivity index (χ3n) is 3.53. The molecule has 0 aliphatic carbocycles. The molecular weight excluding hydrogens is 419 g/mol. The van der Waals surface area contributed by atoms with Crippen LogP contribution in [0.3, 0.4) is 0 Å². The topological polar surface area (TPSA) is 63.3 Å². The Labute approximate surface area is 162 Å². The lowest BCUT2D eigenvalue weighted by Gasteiger charge is -2.14. The fraction of sp³-hybridized carbons (Fsp3) is 0.765. The maximum Gasteiger partial charge on any atom is 0.188 e. The van der Waals surface area contributed by atoms with Gasteiger partial charge in [-0.3, -0.25) is 4.99 Å². The van der Waals surface area contributed by atoms with Crippen LogP contribution in [-0.2, 0) is 6.42 Å². The summed E-state index contributed by atoms with van der Waals surface area (Å²) in [5, 5.41) is 6.60. The summed E-state index contributed by atoms with van der Waals surface area (Å²) in [7, 11) is 0. The molecule has 0 saturated heterocycles. The minimum Gasteiger partial charge on any atom is -0.370 e. The zero-order valence-electron chi connectivity index (χ0n) is 15.1. The van der Waals surface area contributed by atoms with Crippen molar-refractivity contribution >= 4 is 41.3 Å². The van der Waals surface area contributed by atoms with Gasteiger partial charge >= 0.3 is 0 Å². The lowest BCUT2D eigenvalue weighted by atomic mass is 10.0. The molecule has 1 heterocycles. The molecule has 0 spiro atoms. The number of halogens is 1. The molecule has 0 saturated carbocycles. The minimum absolute atomic E-state index is 0. The van der Waals surface area contributed by atoms with Gasteiger partial charge in [0.2, 0.25) is 0 Å². The van der Waals surface area contributed by atoms with Gasteiger partial charge in [-0.15, -0.1) is 35.3 Å². The van der Waals surface area contributed by atoms with Crippen LogP contribution in [0, 0.1) is 5.92 Å². The van der Waals surface area contributed by atoms with Crippen LogP contribution < -0.4 is 11.1 Å². The SMILES string of the molecule is CC(C)CCCC(C)NC(N)=NCCc1csc(C(C)C)n1.I. The molecule has 0 bridgehead atoms. The summed E-state index contributed by atoms with van der Waals surface area (Å²) in [5.74, 6) is 1.82. The van der Waals surface area contributed by atoms with Crippen molar-refractivity contribution in [3.63, 3.8) is 0 Å². The monoisotopic (exact) mass is 452 g/mol. The molecule has 1 aromatic rings. The molecule has 0 fully saturated rings. The number of nitrogens with two attached hydrogens (primary N) is 1. The summed E-state index contributed by atoms with van der Waals surface area (Å²) in [5.41, 5.74) is 7.07. The molecule has 23 heavy (non-hydrogen) atoms. The molecule has 6 heteroatoms. The third kappa shape index (κ3) is 10.2. The Morgan fingerprint density at radius 3 is 2.52 bits per heavy atom. The van der Waals surface area contributed by atoms with Gasteiger partial charge in [0.05, 0.1) is 10.7 Å². The highest BCUT2D eigenvalue weighted by molar-refractivity contribution is 14.0. The first-order valence-corrected chi connectivity index (χ1v) is 9.27. The van der Waals surface area contributed by atoms with E-state index < -0.39 is 0 Å². The van der Waals surface area contributed by atoms with E-state index in [1.165, 1.54) is 17.8 Å². The zero-order valence-corrected chi connectivity index (χ0v) is 18.3. The molecule has 134 valence electrons. The molecule has 0 radical (unpaired) electrons. The lowest BCUT2D eigenvalue weighted by Crippen LogP contribution is -2.38. The Bertz CT molecular complexity index is 457. The smallest absolute Gasteiger partial charge is 0.188 e. The van der Waals surface area contributed by atoms with Crippen molar-refractivity contribution in [1.29, 1.82) is 0 Å². The Morgan fingerprint density at radius 2 is 1.96 bits per heavy atom. The van der Waals surface area contributed by atoms with E-state index in [4.69, 9.17) is 5.73 Å². The third-order valence-corrected chi connectivity index (χ3v) is 4.72. The summed E-state index contributed by atoms with van der Waals surface area (Å²) in [6, 6.07) is 0.384. The van der Waals surface area contributed by atoms with Crippen molar-refractivity contribution in [3.8, 4) is 0 Å². The molecule has 0 amide bonds. The zero-order chi connectivity index (χ0) is 16.5. The van der Waals surface area contributed by atoms with Crippen LogP contribution in [0.2, 0.25) is 0 Å². The van der Waals surface area contributed by atoms with Crippen LogP contribution >= 0.6 is 35.3 Å². The first-order chi connectivity index (χ1) is 10.4. The number of rotatable bonds is 9. The Kier molecular flexibility index (Phi) is 11.9. The number of hydrogen-bond acceptors (Lipinski definition) is 3. The van der Waals surface area contributed by atoms with Gasteiger partial charge in [-0.1, -0.05) is 40.5 Å². The average Bonchev–Trinajstić information content (AvgIpc) is 2.87. The molecule has 3 N–H and O–H groups in total. The van der Waals surface area contributed by atoms with Crippen molar-refractivity contribution in [2.24, 2.45) is 16.6 Å². The van der Waals surface area contributed by atoms with E-state index in [0.29, 0.717) is 24.5 Å². The number of hydrogen-bond donors (Lipinski definition) is 2. The first-order valence-electron chi connectivity index (χ1n) is 8.39. The van der Waals surface area contributed by atoms with E-state index in [1.54, 1.807) is 11.3 Å². The highest BCUT2D eigenvalue weighted by Crippen LogP contribution is 2.19. The number of aliphatic imine (C=N–C) groups is 1. The highest BCUT2D eigenvalue weighted by Gasteiger charge is 2.06. The maximum absolute atomic E-state index is 5.94. The van der Waals surface area contributed by atoms with Crippen LogP contribution in [0.1, 0.15) is 70.5 Å². The van der Waals surface area contributed by atoms with Crippen molar-refractivity contribution < 1.29 is 0 Å². The summed E-state index contributed by atoms with van der Waals surface area (Å²) < 4.78 is 0. The molecule has 1 aromatic heterocycles. The molecule has 0 aliphatic rings. The van der Waals surface area contributed by atoms with Gasteiger partial charge < -0.3 is 11.1 Å². The van der Waals surface area contributed by atoms with E-state index in [-0.39, 0.29) is 24.0 Å². The maximum atomic E-state index is 5.94. The lowest BCUT2D eigenvalue weighted by molar-refractivity contribution is 0.493. The quantitative estimate of drug-likeness (QED) is 0.328. The molecule has 1 unspecified atom stereocenters. The summed E-state index contributed by atoms with van der Waals surface area (Å²) >= 11 is 1.73. The van der Waals surface area contributed by atoms with Gasteiger partial charge in [0.1, 0.15) is 0 Å². The molecule has 1 atom stereocenters. The van der Waals surface area contributed by atoms with Crippen molar-refractivity contribution in [2.75, 3.05) is 6.54 Å². The summed E-state index contributed by atoms with van der Waals surface area (Å²) in [6.07, 6.45) is 4.49. The van der Waals surface area contributed by atoms with Crippen LogP contribution in [0.5, 0.6) is 0 Å². The van der Waals surface area contributed by atoms with E-state index in [2.05, 4.69) is 55.3 Å². The second kappa shape index (κ2) is 12.1. The van der Waals surface area contributed by atoms with Crippen LogP contribution in [0.15, 0.2) is 10.4 Å². The predicted octanol–water partition coefficient (Wildman–Crippen LogP) is 4.55. The highest BCUT2D eigenvalue weighted by atomic mass is 127. The second-order valence-corrected chi connectivity index (χ2v) is 7.61. The van der Waals surface area contributed by atoms with Crippen LogP contribution in [0.4, 0.5) is 0 Å². The van der Waals surface area contributed by atoms with Crippen molar-refractivity contribution in [2.45, 2.75) is 72.3 Å². The van der Waals surface area contributed by atoms with Gasteiger partial charge in [-0.2, -0.15) is 0 Å². The molecule has 0 aromatic carbocycles. The number of aromatic nitrogens is 1. The van der Waals surface area contributed by atoms with Gasteiger partial charge in [0.25, 0.3) is 0 Å². The number of nitrogens with zero attached hydrogens (tertiary/aromatic N) is 2. The minimum atomic E-state index is 0. The average molecular weight is 452 g/mol. The van der Waals surface area contributed by atoms with E-state index in [0.717, 1.165) is 24.5 Å². The van der Waals surface area contributed by atoms with E-state index in [1.807, 2.05) is 0 Å². The predicted molar refractivity (Wildman–Crippen MR) is 113 cm³/mol. The van der Waals surface area contributed by atoms with Gasteiger partial charge in [0, 0.05) is 30.3 Å². The first kappa shape index (κ1) is 22.6. The number of thiazole rings is 1. The van der Waals surface area contributed by atoms with Crippen LogP contribution in [-0.4, -0.2) is 23.5 Å². The molecule has 1 rings (SSSR count). The molecule has 0 aliphatic heterocycles. The fourth-order valence-electron chi connectivity index (χ4n) is 2.20. The Morgan fingerprint density at radius 1 is 1.26 bits per heavy atom. The van der Waals surface area contributed by atoms with E-state index >= 15 is 0 Å².